The fourth-order valence-electron chi connectivity index (χ4n) is 4.90. The van der Waals surface area contributed by atoms with Gasteiger partial charge in [0.2, 0.25) is 0 Å². The lowest BCUT2D eigenvalue weighted by Crippen LogP contribution is -2.47. The molecule has 4 rings (SSSR count). The predicted molar refractivity (Wildman–Crippen MR) is 127 cm³/mol. The third-order valence-corrected chi connectivity index (χ3v) is 6.93. The van der Waals surface area contributed by atoms with E-state index in [2.05, 4.69) is 11.0 Å². The molecule has 2 aliphatic rings. The quantitative estimate of drug-likeness (QED) is 0.455. The maximum atomic E-state index is 13.3. The number of alkyl halides is 3. The van der Waals surface area contributed by atoms with Crippen molar-refractivity contribution in [3.63, 3.8) is 0 Å². The monoisotopic (exact) mass is 501 g/mol. The lowest BCUT2D eigenvalue weighted by atomic mass is 9.91. The van der Waals surface area contributed by atoms with Gasteiger partial charge in [-0.25, -0.2) is 4.79 Å². The van der Waals surface area contributed by atoms with E-state index in [0.29, 0.717) is 42.8 Å². The highest BCUT2D eigenvalue weighted by Crippen LogP contribution is 2.35. The first kappa shape index (κ1) is 26.0. The Morgan fingerprint density at radius 1 is 1.14 bits per heavy atom. The minimum atomic E-state index is -4.46. The maximum absolute atomic E-state index is 13.3. The highest BCUT2D eigenvalue weighted by molar-refractivity contribution is 5.70. The van der Waals surface area contributed by atoms with Crippen LogP contribution in [0.1, 0.15) is 54.5 Å². The average Bonchev–Trinajstić information content (AvgIpc) is 3.19. The summed E-state index contributed by atoms with van der Waals surface area (Å²) in [5, 5.41) is 9.27. The molecule has 2 aromatic rings. The molecule has 192 valence electrons. The molecule has 2 aromatic carbocycles. The molecule has 2 heterocycles. The molecule has 6 nitrogen and oxygen atoms in total. The second kappa shape index (κ2) is 10.9. The molecule has 0 N–H and O–H groups in total. The normalized spacial score (nSPS) is 18.8. The van der Waals surface area contributed by atoms with Crippen molar-refractivity contribution < 1.29 is 27.4 Å². The zero-order chi connectivity index (χ0) is 25.8. The van der Waals surface area contributed by atoms with Gasteiger partial charge in [0.1, 0.15) is 11.7 Å². The lowest BCUT2D eigenvalue weighted by Gasteiger charge is -2.37. The van der Waals surface area contributed by atoms with Crippen molar-refractivity contribution >= 4 is 6.09 Å². The summed E-state index contributed by atoms with van der Waals surface area (Å²) in [7, 11) is 0. The lowest BCUT2D eigenvalue weighted by molar-refractivity contribution is -0.137. The molecule has 0 aliphatic carbocycles. The van der Waals surface area contributed by atoms with Crippen LogP contribution in [-0.2, 0) is 15.7 Å². The van der Waals surface area contributed by atoms with Crippen LogP contribution < -0.4 is 0 Å². The van der Waals surface area contributed by atoms with E-state index in [0.717, 1.165) is 44.6 Å². The van der Waals surface area contributed by atoms with Gasteiger partial charge < -0.3 is 19.3 Å². The first-order valence-corrected chi connectivity index (χ1v) is 12.2. The Morgan fingerprint density at radius 2 is 1.83 bits per heavy atom. The van der Waals surface area contributed by atoms with E-state index in [1.165, 1.54) is 6.07 Å². The molecule has 0 bridgehead atoms. The van der Waals surface area contributed by atoms with Crippen molar-refractivity contribution in [2.75, 3.05) is 39.3 Å². The van der Waals surface area contributed by atoms with Crippen molar-refractivity contribution in [2.24, 2.45) is 0 Å². The summed E-state index contributed by atoms with van der Waals surface area (Å²) < 4.78 is 51.8. The van der Waals surface area contributed by atoms with Gasteiger partial charge in [-0.3, -0.25) is 0 Å². The smallest absolute Gasteiger partial charge is 0.416 e. The molecular weight excluding hydrogens is 471 g/mol. The van der Waals surface area contributed by atoms with Crippen molar-refractivity contribution in [3.8, 4) is 6.07 Å². The Bertz CT molecular complexity index is 1110. The first-order chi connectivity index (χ1) is 17.2. The molecular formula is C27H30F3N3O3. The number of likely N-dealkylation sites (tertiary alicyclic amines) is 1. The Hall–Kier alpha value is -3.09. The standard InChI is InChI=1S/C27H30F3N3O3/c1-2-33-19-26(36-25(33)34)10-13-32(14-11-26)12-5-15-35-24(21-7-3-6-20(16-21)18-31)22-8-4-9-23(17-22)27(28,29)30/h3-4,6-9,16-17,24H,2,5,10-15,19H2,1H3. The molecule has 9 heteroatoms. The summed E-state index contributed by atoms with van der Waals surface area (Å²) in [6, 6.07) is 14.0. The number of nitriles is 1. The van der Waals surface area contributed by atoms with E-state index < -0.39 is 17.8 Å². The molecule has 1 amide bonds. The number of benzene rings is 2. The molecule has 2 aliphatic heterocycles. The van der Waals surface area contributed by atoms with Crippen LogP contribution in [0, 0.1) is 11.3 Å². The molecule has 0 radical (unpaired) electrons. The van der Waals surface area contributed by atoms with Crippen molar-refractivity contribution in [1.82, 2.24) is 9.80 Å². The summed E-state index contributed by atoms with van der Waals surface area (Å²) in [6.07, 6.45) is -3.15. The SMILES string of the molecule is CCN1CC2(CCN(CCCOC(c3cccc(C#N)c3)c3cccc(C(F)(F)F)c3)CC2)OC1=O. The topological polar surface area (TPSA) is 65.8 Å². The second-order valence-corrected chi connectivity index (χ2v) is 9.37. The number of rotatable bonds is 8. The van der Waals surface area contributed by atoms with Gasteiger partial charge in [-0.05, 0) is 48.7 Å². The summed E-state index contributed by atoms with van der Waals surface area (Å²) in [5.41, 5.74) is 0.326. The highest BCUT2D eigenvalue weighted by Gasteiger charge is 2.46. The van der Waals surface area contributed by atoms with E-state index in [9.17, 15) is 23.2 Å². The Balaban J connectivity index is 1.37. The van der Waals surface area contributed by atoms with Crippen molar-refractivity contribution in [1.29, 1.82) is 5.26 Å². The number of halogens is 3. The molecule has 2 saturated heterocycles. The number of carbonyl (C=O) groups excluding carboxylic acids is 1. The van der Waals surface area contributed by atoms with Gasteiger partial charge in [0.15, 0.2) is 0 Å². The number of ether oxygens (including phenoxy) is 2. The van der Waals surface area contributed by atoms with Crippen LogP contribution in [0.2, 0.25) is 0 Å². The summed E-state index contributed by atoms with van der Waals surface area (Å²) in [5.74, 6) is 0. The number of hydrogen-bond acceptors (Lipinski definition) is 5. The van der Waals surface area contributed by atoms with E-state index in [4.69, 9.17) is 9.47 Å². The first-order valence-electron chi connectivity index (χ1n) is 12.2. The Kier molecular flexibility index (Phi) is 7.86. The van der Waals surface area contributed by atoms with Crippen molar-refractivity contribution in [2.45, 2.75) is 44.1 Å². The fraction of sp³-hybridized carbons (Fsp3) is 0.481. The van der Waals surface area contributed by atoms with Gasteiger partial charge in [0.25, 0.3) is 0 Å². The third-order valence-electron chi connectivity index (χ3n) is 6.93. The van der Waals surface area contributed by atoms with Gasteiger partial charge in [0, 0.05) is 45.6 Å². The Labute approximate surface area is 209 Å². The zero-order valence-electron chi connectivity index (χ0n) is 20.3. The number of piperidine rings is 1. The second-order valence-electron chi connectivity index (χ2n) is 9.37. The predicted octanol–water partition coefficient (Wildman–Crippen LogP) is 5.38. The van der Waals surface area contributed by atoms with Gasteiger partial charge >= 0.3 is 12.3 Å². The van der Waals surface area contributed by atoms with Crippen LogP contribution in [0.25, 0.3) is 0 Å². The largest absolute Gasteiger partial charge is 0.441 e. The molecule has 1 unspecified atom stereocenters. The van der Waals surface area contributed by atoms with Crippen LogP contribution in [-0.4, -0.2) is 60.8 Å². The molecule has 0 saturated carbocycles. The van der Waals surface area contributed by atoms with Crippen LogP contribution >= 0.6 is 0 Å². The summed E-state index contributed by atoms with van der Waals surface area (Å²) >= 11 is 0. The van der Waals surface area contributed by atoms with Crippen molar-refractivity contribution in [3.05, 3.63) is 70.8 Å². The minimum absolute atomic E-state index is 0.236. The molecule has 36 heavy (non-hydrogen) atoms. The molecule has 0 aromatic heterocycles. The number of hydrogen-bond donors (Lipinski definition) is 0. The van der Waals surface area contributed by atoms with Gasteiger partial charge in [-0.15, -0.1) is 0 Å². The van der Waals surface area contributed by atoms with Crippen LogP contribution in [0.15, 0.2) is 48.5 Å². The highest BCUT2D eigenvalue weighted by atomic mass is 19.4. The molecule has 2 fully saturated rings. The molecule has 1 atom stereocenters. The minimum Gasteiger partial charge on any atom is -0.441 e. The summed E-state index contributed by atoms with van der Waals surface area (Å²) in [6.45, 7) is 5.97. The maximum Gasteiger partial charge on any atom is 0.416 e. The zero-order valence-corrected chi connectivity index (χ0v) is 20.3. The van der Waals surface area contributed by atoms with Crippen LogP contribution in [0.3, 0.4) is 0 Å². The Morgan fingerprint density at radius 3 is 2.47 bits per heavy atom. The summed E-state index contributed by atoms with van der Waals surface area (Å²) in [4.78, 5) is 16.0. The molecule has 1 spiro atoms. The van der Waals surface area contributed by atoms with Gasteiger partial charge in [-0.1, -0.05) is 24.3 Å². The average molecular weight is 502 g/mol. The van der Waals surface area contributed by atoms with Crippen LogP contribution in [0.4, 0.5) is 18.0 Å². The van der Waals surface area contributed by atoms with Crippen LogP contribution in [0.5, 0.6) is 0 Å². The third kappa shape index (κ3) is 6.00. The van der Waals surface area contributed by atoms with Gasteiger partial charge in [-0.2, -0.15) is 18.4 Å². The number of amides is 1. The fourth-order valence-corrected chi connectivity index (χ4v) is 4.90. The number of nitrogens with zero attached hydrogens (tertiary/aromatic N) is 3. The van der Waals surface area contributed by atoms with E-state index >= 15 is 0 Å². The van der Waals surface area contributed by atoms with Gasteiger partial charge in [0.05, 0.1) is 23.7 Å². The van der Waals surface area contributed by atoms with E-state index in [-0.39, 0.29) is 11.7 Å². The number of carbonyl (C=O) groups is 1. The number of likely N-dealkylation sites (N-methyl/N-ethyl adjacent to an activating group) is 1. The van der Waals surface area contributed by atoms with E-state index in [1.807, 2.05) is 6.92 Å². The van der Waals surface area contributed by atoms with E-state index in [1.54, 1.807) is 35.2 Å².